The molecule has 5 atom stereocenters. The van der Waals surface area contributed by atoms with Crippen molar-refractivity contribution in [2.45, 2.75) is 406 Å². The molecule has 0 spiro atoms. The molecule has 552 valence electrons. The fourth-order valence-electron chi connectivity index (χ4n) is 11.4. The molecule has 0 aromatic rings. The highest BCUT2D eigenvalue weighted by Gasteiger charge is 2.30. The molecule has 0 aromatic carbocycles. The van der Waals surface area contributed by atoms with E-state index in [0.717, 1.165) is 96.3 Å². The van der Waals surface area contributed by atoms with Gasteiger partial charge >= 0.3 is 39.5 Å². The first-order valence-corrected chi connectivity index (χ1v) is 41.6. The molecular weight excluding hydrogens is 1220 g/mol. The Morgan fingerprint density at radius 3 is 0.731 bits per heavy atom. The SMILES string of the molecule is CCCCCCCCCCCCCCCCCCCCCCCC(=O)O[C@H](COC(=O)CCCCCCCCCCCCC)COP(=O)(O)OC[C@@H](O)COP(=O)(O)OC[C@@H](COC(=O)CCCCCCCCCC(C)C)OC(=O)CCCCCCCCCCCCC. The largest absolute Gasteiger partial charge is 0.472 e. The number of phosphoric acid groups is 2. The Morgan fingerprint density at radius 1 is 0.290 bits per heavy atom. The van der Waals surface area contributed by atoms with Crippen molar-refractivity contribution in [1.82, 2.24) is 0 Å². The van der Waals surface area contributed by atoms with Crippen LogP contribution in [-0.4, -0.2) is 96.7 Å². The first kappa shape index (κ1) is 91.1. The predicted molar refractivity (Wildman–Crippen MR) is 377 cm³/mol. The lowest BCUT2D eigenvalue weighted by Gasteiger charge is -2.21. The Kier molecular flexibility index (Phi) is 65.9. The number of esters is 4. The Labute approximate surface area is 568 Å². The van der Waals surface area contributed by atoms with Gasteiger partial charge in [-0.15, -0.1) is 0 Å². The molecule has 0 radical (unpaired) electrons. The van der Waals surface area contributed by atoms with Crippen molar-refractivity contribution in [3.8, 4) is 0 Å². The number of hydrogen-bond acceptors (Lipinski definition) is 15. The van der Waals surface area contributed by atoms with E-state index in [-0.39, 0.29) is 25.7 Å². The van der Waals surface area contributed by atoms with E-state index < -0.39 is 97.5 Å². The van der Waals surface area contributed by atoms with Crippen molar-refractivity contribution in [3.05, 3.63) is 0 Å². The standard InChI is InChI=1S/C74H144O17P2/c1-6-9-12-15-18-21-24-25-26-27-28-29-30-31-32-33-36-39-44-50-55-60-74(79)90-69(63-84-71(76)57-52-47-42-37-34-22-19-16-13-10-7-2)65-88-92(80,81)86-61-68(75)62-87-93(82,83)89-66-70(64-85-72(77)58-53-48-45-40-41-46-51-56-67(4)5)91-73(78)59-54-49-43-38-35-23-20-17-14-11-8-3/h67-70,75H,6-66H2,1-5H3,(H,80,81)(H,82,83)/t68-,69-,70-/m1/s1. The van der Waals surface area contributed by atoms with Crippen molar-refractivity contribution in [2.24, 2.45) is 5.92 Å². The van der Waals surface area contributed by atoms with E-state index in [4.69, 9.17) is 37.0 Å². The van der Waals surface area contributed by atoms with Crippen LogP contribution < -0.4 is 0 Å². The van der Waals surface area contributed by atoms with E-state index >= 15 is 0 Å². The minimum absolute atomic E-state index is 0.106. The smallest absolute Gasteiger partial charge is 0.462 e. The normalized spacial score (nSPS) is 14.0. The van der Waals surface area contributed by atoms with Crippen LogP contribution in [0.15, 0.2) is 0 Å². The van der Waals surface area contributed by atoms with Gasteiger partial charge in [-0.2, -0.15) is 0 Å². The molecule has 0 bridgehead atoms. The Hall–Kier alpha value is -1.94. The highest BCUT2D eigenvalue weighted by Crippen LogP contribution is 2.45. The van der Waals surface area contributed by atoms with Gasteiger partial charge in [-0.25, -0.2) is 9.13 Å². The lowest BCUT2D eigenvalue weighted by atomic mass is 10.0. The van der Waals surface area contributed by atoms with E-state index in [1.165, 1.54) is 205 Å². The summed E-state index contributed by atoms with van der Waals surface area (Å²) in [5.74, 6) is -1.41. The summed E-state index contributed by atoms with van der Waals surface area (Å²) in [6.07, 6.45) is 55.6. The molecular formula is C74H144O17P2. The van der Waals surface area contributed by atoms with Crippen LogP contribution in [-0.2, 0) is 65.4 Å². The lowest BCUT2D eigenvalue weighted by Crippen LogP contribution is -2.30. The quantitative estimate of drug-likeness (QED) is 0.0222. The number of carbonyl (C=O) groups is 4. The van der Waals surface area contributed by atoms with E-state index in [0.29, 0.717) is 31.6 Å². The van der Waals surface area contributed by atoms with Gasteiger partial charge in [0.1, 0.15) is 19.3 Å². The summed E-state index contributed by atoms with van der Waals surface area (Å²) < 4.78 is 68.4. The second kappa shape index (κ2) is 67.3. The number of unbranched alkanes of at least 4 members (excludes halogenated alkanes) is 46. The first-order valence-electron chi connectivity index (χ1n) is 38.6. The monoisotopic (exact) mass is 1370 g/mol. The highest BCUT2D eigenvalue weighted by atomic mass is 31.2. The van der Waals surface area contributed by atoms with Gasteiger partial charge in [0.2, 0.25) is 0 Å². The lowest BCUT2D eigenvalue weighted by molar-refractivity contribution is -0.161. The molecule has 2 unspecified atom stereocenters. The summed E-state index contributed by atoms with van der Waals surface area (Å²) in [7, 11) is -9.90. The molecule has 0 aliphatic heterocycles. The van der Waals surface area contributed by atoms with Crippen LogP contribution in [0.4, 0.5) is 0 Å². The summed E-state index contributed by atoms with van der Waals surface area (Å²) in [6, 6.07) is 0. The maximum atomic E-state index is 13.1. The first-order chi connectivity index (χ1) is 45.0. The zero-order chi connectivity index (χ0) is 68.4. The van der Waals surface area contributed by atoms with Crippen LogP contribution in [0, 0.1) is 5.92 Å². The number of phosphoric ester groups is 2. The molecule has 0 fully saturated rings. The van der Waals surface area contributed by atoms with Gasteiger partial charge in [0.25, 0.3) is 0 Å². The third kappa shape index (κ3) is 68.4. The van der Waals surface area contributed by atoms with Crippen molar-refractivity contribution in [1.29, 1.82) is 0 Å². The summed E-state index contributed by atoms with van der Waals surface area (Å²) in [5, 5.41) is 10.6. The molecule has 17 nitrogen and oxygen atoms in total. The van der Waals surface area contributed by atoms with Gasteiger partial charge in [-0.3, -0.25) is 37.3 Å². The number of hydrogen-bond donors (Lipinski definition) is 3. The molecule has 0 saturated carbocycles. The average Bonchev–Trinajstić information content (AvgIpc) is 2.10. The van der Waals surface area contributed by atoms with Crippen LogP contribution in [0.1, 0.15) is 388 Å². The van der Waals surface area contributed by atoms with Crippen LogP contribution >= 0.6 is 15.6 Å². The van der Waals surface area contributed by atoms with Crippen LogP contribution in [0.5, 0.6) is 0 Å². The van der Waals surface area contributed by atoms with Crippen molar-refractivity contribution < 1.29 is 80.2 Å². The summed E-state index contributed by atoms with van der Waals surface area (Å²) in [6.45, 7) is 7.21. The zero-order valence-corrected chi connectivity index (χ0v) is 62.2. The maximum absolute atomic E-state index is 13.1. The number of ether oxygens (including phenoxy) is 4. The second-order valence-corrected chi connectivity index (χ2v) is 30.1. The predicted octanol–water partition coefficient (Wildman–Crippen LogP) is 21.7. The van der Waals surface area contributed by atoms with Crippen molar-refractivity contribution >= 4 is 39.5 Å². The molecule has 0 saturated heterocycles. The average molecular weight is 1370 g/mol. The molecule has 0 aliphatic rings. The van der Waals surface area contributed by atoms with E-state index in [1.807, 2.05) is 0 Å². The number of carbonyl (C=O) groups excluding carboxylic acids is 4. The molecule has 0 aliphatic carbocycles. The van der Waals surface area contributed by atoms with Gasteiger partial charge in [0, 0.05) is 25.7 Å². The van der Waals surface area contributed by atoms with Crippen LogP contribution in [0.3, 0.4) is 0 Å². The minimum atomic E-state index is -4.95. The molecule has 0 rings (SSSR count). The Bertz CT molecular complexity index is 1790. The Balaban J connectivity index is 5.17. The molecule has 0 aromatic heterocycles. The van der Waals surface area contributed by atoms with Gasteiger partial charge in [-0.05, 0) is 31.6 Å². The van der Waals surface area contributed by atoms with Gasteiger partial charge in [0.15, 0.2) is 12.2 Å². The maximum Gasteiger partial charge on any atom is 0.472 e. The van der Waals surface area contributed by atoms with Crippen LogP contribution in [0.25, 0.3) is 0 Å². The molecule has 93 heavy (non-hydrogen) atoms. The fraction of sp³-hybridized carbons (Fsp3) is 0.946. The van der Waals surface area contributed by atoms with Gasteiger partial charge in [-0.1, -0.05) is 336 Å². The molecule has 3 N–H and O–H groups in total. The van der Waals surface area contributed by atoms with Crippen LogP contribution in [0.2, 0.25) is 0 Å². The highest BCUT2D eigenvalue weighted by molar-refractivity contribution is 7.47. The number of rotatable bonds is 74. The third-order valence-corrected chi connectivity index (χ3v) is 19.2. The Morgan fingerprint density at radius 2 is 0.495 bits per heavy atom. The summed E-state index contributed by atoms with van der Waals surface area (Å²) in [5.41, 5.74) is 0. The minimum Gasteiger partial charge on any atom is -0.462 e. The van der Waals surface area contributed by atoms with Crippen molar-refractivity contribution in [3.63, 3.8) is 0 Å². The second-order valence-electron chi connectivity index (χ2n) is 27.2. The topological polar surface area (TPSA) is 237 Å². The number of aliphatic hydroxyl groups excluding tert-OH is 1. The summed E-state index contributed by atoms with van der Waals surface area (Å²) >= 11 is 0. The van der Waals surface area contributed by atoms with Crippen molar-refractivity contribution in [2.75, 3.05) is 39.6 Å². The number of aliphatic hydroxyl groups is 1. The zero-order valence-electron chi connectivity index (χ0n) is 60.4. The van der Waals surface area contributed by atoms with E-state index in [9.17, 15) is 43.2 Å². The van der Waals surface area contributed by atoms with E-state index in [1.54, 1.807) is 0 Å². The third-order valence-electron chi connectivity index (χ3n) is 17.3. The fourth-order valence-corrected chi connectivity index (χ4v) is 12.9. The van der Waals surface area contributed by atoms with Gasteiger partial charge in [0.05, 0.1) is 26.4 Å². The van der Waals surface area contributed by atoms with Gasteiger partial charge < -0.3 is 33.8 Å². The molecule has 0 heterocycles. The molecule has 19 heteroatoms. The molecule has 0 amide bonds. The summed E-state index contributed by atoms with van der Waals surface area (Å²) in [4.78, 5) is 72.6. The van der Waals surface area contributed by atoms with E-state index in [2.05, 4.69) is 34.6 Å².